The summed E-state index contributed by atoms with van der Waals surface area (Å²) < 4.78 is 38.0. The minimum absolute atomic E-state index is 0. The number of hydrogen-bond donors (Lipinski definition) is 3. The number of benzene rings is 2. The van der Waals surface area contributed by atoms with Gasteiger partial charge in [-0.3, -0.25) is 4.99 Å². The van der Waals surface area contributed by atoms with Gasteiger partial charge >= 0.3 is 0 Å². The van der Waals surface area contributed by atoms with Crippen LogP contribution in [0.1, 0.15) is 12.5 Å². The van der Waals surface area contributed by atoms with Crippen molar-refractivity contribution in [2.45, 2.75) is 18.7 Å². The Bertz CT molecular complexity index is 934. The Kier molecular flexibility index (Phi) is 10.9. The minimum atomic E-state index is -3.54. The Balaban J connectivity index is 0.00000450. The topological polar surface area (TPSA) is 101 Å². The number of anilines is 1. The fourth-order valence-electron chi connectivity index (χ4n) is 2.51. The fourth-order valence-corrected chi connectivity index (χ4v) is 3.54. The highest BCUT2D eigenvalue weighted by Gasteiger charge is 2.13. The molecule has 0 fully saturated rings. The first-order valence-electron chi connectivity index (χ1n) is 9.24. The molecule has 0 saturated heterocycles. The van der Waals surface area contributed by atoms with E-state index in [0.717, 1.165) is 11.3 Å². The van der Waals surface area contributed by atoms with Crippen LogP contribution in [-0.4, -0.2) is 48.2 Å². The maximum atomic E-state index is 12.3. The third-order valence-electron chi connectivity index (χ3n) is 3.99. The van der Waals surface area contributed by atoms with Crippen molar-refractivity contribution in [1.82, 2.24) is 10.0 Å². The van der Waals surface area contributed by atoms with Gasteiger partial charge in [0.15, 0.2) is 17.5 Å². The van der Waals surface area contributed by atoms with Gasteiger partial charge in [0.25, 0.3) is 0 Å². The number of hydrogen-bond acceptors (Lipinski definition) is 5. The van der Waals surface area contributed by atoms with Crippen molar-refractivity contribution in [3.8, 4) is 11.5 Å². The summed E-state index contributed by atoms with van der Waals surface area (Å²) in [5.41, 5.74) is 1.77. The molecule has 0 saturated carbocycles. The molecule has 2 aromatic rings. The molecular formula is C20H29IN4O4S. The minimum Gasteiger partial charge on any atom is -0.493 e. The average Bonchev–Trinajstić information content (AvgIpc) is 2.71. The first-order chi connectivity index (χ1) is 13.9. The Morgan fingerprint density at radius 1 is 1.07 bits per heavy atom. The van der Waals surface area contributed by atoms with Gasteiger partial charge in [-0.05, 0) is 38.1 Å². The lowest BCUT2D eigenvalue weighted by Crippen LogP contribution is -2.37. The summed E-state index contributed by atoms with van der Waals surface area (Å²) in [6.07, 6.45) is 0. The number of nitrogens with one attached hydrogen (secondary N) is 3. The molecule has 10 heteroatoms. The van der Waals surface area contributed by atoms with E-state index in [9.17, 15) is 8.42 Å². The van der Waals surface area contributed by atoms with Crippen LogP contribution in [0.3, 0.4) is 0 Å². The van der Waals surface area contributed by atoms with Crippen LogP contribution in [0.2, 0.25) is 0 Å². The molecule has 0 radical (unpaired) electrons. The molecule has 8 nitrogen and oxygen atoms in total. The van der Waals surface area contributed by atoms with Gasteiger partial charge in [-0.25, -0.2) is 13.1 Å². The molecule has 0 spiro atoms. The number of ether oxygens (including phenoxy) is 2. The van der Waals surface area contributed by atoms with Crippen molar-refractivity contribution < 1.29 is 17.9 Å². The highest BCUT2D eigenvalue weighted by atomic mass is 127. The summed E-state index contributed by atoms with van der Waals surface area (Å²) >= 11 is 0. The summed E-state index contributed by atoms with van der Waals surface area (Å²) in [6, 6.07) is 12.2. The molecule has 2 rings (SSSR count). The maximum Gasteiger partial charge on any atom is 0.240 e. The largest absolute Gasteiger partial charge is 0.493 e. The third-order valence-corrected chi connectivity index (χ3v) is 5.47. The molecule has 2 aromatic carbocycles. The lowest BCUT2D eigenvalue weighted by molar-refractivity contribution is 0.311. The first-order valence-corrected chi connectivity index (χ1v) is 10.7. The summed E-state index contributed by atoms with van der Waals surface area (Å²) in [6.45, 7) is 4.90. The molecule has 0 aliphatic carbocycles. The summed E-state index contributed by atoms with van der Waals surface area (Å²) in [4.78, 5) is 4.39. The number of methoxy groups -OCH3 is 1. The number of nitrogens with zero attached hydrogens (tertiary/aromatic N) is 1. The number of aryl methyl sites for hydroxylation is 1. The van der Waals surface area contributed by atoms with Crippen LogP contribution in [0.15, 0.2) is 52.4 Å². The predicted octanol–water partition coefficient (Wildman–Crippen LogP) is 2.99. The van der Waals surface area contributed by atoms with Crippen molar-refractivity contribution in [3.63, 3.8) is 0 Å². The van der Waals surface area contributed by atoms with Crippen molar-refractivity contribution in [3.05, 3.63) is 48.0 Å². The molecule has 0 bridgehead atoms. The van der Waals surface area contributed by atoms with Gasteiger partial charge in [0.05, 0.1) is 18.6 Å². The van der Waals surface area contributed by atoms with Crippen LogP contribution in [0, 0.1) is 6.92 Å². The van der Waals surface area contributed by atoms with E-state index in [-0.39, 0.29) is 35.4 Å². The first kappa shape index (κ1) is 26.0. The molecule has 0 aliphatic heterocycles. The molecule has 0 atom stereocenters. The van der Waals surface area contributed by atoms with Crippen LogP contribution >= 0.6 is 24.0 Å². The highest BCUT2D eigenvalue weighted by Crippen LogP contribution is 2.30. The molecule has 0 aliphatic rings. The quantitative estimate of drug-likeness (QED) is 0.193. The van der Waals surface area contributed by atoms with E-state index >= 15 is 0 Å². The number of aliphatic imine (C=N–C) groups is 1. The van der Waals surface area contributed by atoms with Gasteiger partial charge in [0, 0.05) is 31.9 Å². The van der Waals surface area contributed by atoms with E-state index < -0.39 is 10.0 Å². The molecule has 0 unspecified atom stereocenters. The molecule has 0 amide bonds. The zero-order valence-corrected chi connectivity index (χ0v) is 20.7. The molecule has 166 valence electrons. The van der Waals surface area contributed by atoms with Gasteiger partial charge in [-0.15, -0.1) is 24.0 Å². The number of sulfonamides is 1. The Morgan fingerprint density at radius 3 is 2.37 bits per heavy atom. The second-order valence-electron chi connectivity index (χ2n) is 6.13. The molecular weight excluding hydrogens is 519 g/mol. The van der Waals surface area contributed by atoms with E-state index in [1.54, 1.807) is 44.5 Å². The van der Waals surface area contributed by atoms with Gasteiger partial charge in [0.2, 0.25) is 10.0 Å². The van der Waals surface area contributed by atoms with E-state index in [4.69, 9.17) is 9.47 Å². The second kappa shape index (κ2) is 12.6. The molecule has 0 heterocycles. The van der Waals surface area contributed by atoms with Crippen LogP contribution in [0.5, 0.6) is 11.5 Å². The average molecular weight is 548 g/mol. The summed E-state index contributed by atoms with van der Waals surface area (Å²) in [7, 11) is -0.317. The maximum absolute atomic E-state index is 12.3. The lowest BCUT2D eigenvalue weighted by atomic mass is 10.2. The predicted molar refractivity (Wildman–Crippen MR) is 131 cm³/mol. The monoisotopic (exact) mass is 548 g/mol. The van der Waals surface area contributed by atoms with Crippen LogP contribution in [0.25, 0.3) is 0 Å². The smallest absolute Gasteiger partial charge is 0.240 e. The van der Waals surface area contributed by atoms with Crippen LogP contribution < -0.4 is 24.8 Å². The van der Waals surface area contributed by atoms with Crippen molar-refractivity contribution >= 4 is 45.6 Å². The van der Waals surface area contributed by atoms with Gasteiger partial charge < -0.3 is 20.1 Å². The zero-order chi connectivity index (χ0) is 21.3. The third kappa shape index (κ3) is 7.65. The Labute approximate surface area is 195 Å². The van der Waals surface area contributed by atoms with E-state index in [2.05, 4.69) is 20.3 Å². The molecule has 3 N–H and O–H groups in total. The molecule has 30 heavy (non-hydrogen) atoms. The lowest BCUT2D eigenvalue weighted by Gasteiger charge is -2.15. The van der Waals surface area contributed by atoms with Crippen LogP contribution in [-0.2, 0) is 10.0 Å². The Hall–Kier alpha value is -2.05. The normalized spacial score (nSPS) is 11.4. The van der Waals surface area contributed by atoms with Gasteiger partial charge in [-0.2, -0.15) is 0 Å². The van der Waals surface area contributed by atoms with Crippen molar-refractivity contribution in [2.75, 3.05) is 39.2 Å². The number of rotatable bonds is 9. The van der Waals surface area contributed by atoms with Crippen molar-refractivity contribution in [1.29, 1.82) is 0 Å². The van der Waals surface area contributed by atoms with E-state index in [1.807, 2.05) is 26.0 Å². The van der Waals surface area contributed by atoms with E-state index in [1.165, 1.54) is 0 Å². The Morgan fingerprint density at radius 2 is 1.77 bits per heavy atom. The highest BCUT2D eigenvalue weighted by molar-refractivity contribution is 14.0. The molecule has 0 aromatic heterocycles. The zero-order valence-electron chi connectivity index (χ0n) is 17.6. The number of halogens is 1. The second-order valence-corrected chi connectivity index (χ2v) is 7.90. The SMILES string of the molecule is CCOc1cc(NC(=NC)NCCNS(=O)(=O)c2ccc(C)cc2)ccc1OC.I. The van der Waals surface area contributed by atoms with E-state index in [0.29, 0.717) is 30.6 Å². The summed E-state index contributed by atoms with van der Waals surface area (Å²) in [5.74, 6) is 1.78. The van der Waals surface area contributed by atoms with Crippen LogP contribution in [0.4, 0.5) is 5.69 Å². The fraction of sp³-hybridized carbons (Fsp3) is 0.350. The van der Waals surface area contributed by atoms with Gasteiger partial charge in [-0.1, -0.05) is 17.7 Å². The number of guanidine groups is 1. The summed E-state index contributed by atoms with van der Waals surface area (Å²) in [5, 5.41) is 6.21. The van der Waals surface area contributed by atoms with Crippen molar-refractivity contribution in [2.24, 2.45) is 4.99 Å². The standard InChI is InChI=1S/C20H28N4O4S.HI/c1-5-28-19-14-16(8-11-18(19)27-4)24-20(21-3)22-12-13-23-29(25,26)17-9-6-15(2)7-10-17;/h6-11,14,23H,5,12-13H2,1-4H3,(H2,21,22,24);1H. The van der Waals surface area contributed by atoms with Gasteiger partial charge in [0.1, 0.15) is 0 Å².